The van der Waals surface area contributed by atoms with Gasteiger partial charge in [-0.2, -0.15) is 0 Å². The molecule has 108 valence electrons. The number of hydrogen-bond acceptors (Lipinski definition) is 4. The number of anilines is 1. The van der Waals surface area contributed by atoms with Gasteiger partial charge in [-0.1, -0.05) is 18.2 Å². The monoisotopic (exact) mass is 310 g/mol. The third-order valence-electron chi connectivity index (χ3n) is 3.02. The lowest BCUT2D eigenvalue weighted by Gasteiger charge is -2.13. The average molecular weight is 310 g/mol. The maximum atomic E-state index is 11.3. The van der Waals surface area contributed by atoms with Crippen LogP contribution < -0.4 is 4.90 Å². The summed E-state index contributed by atoms with van der Waals surface area (Å²) in [4.78, 5) is 25.7. The summed E-state index contributed by atoms with van der Waals surface area (Å²) in [5.74, 6) is 3.50. The van der Waals surface area contributed by atoms with Gasteiger partial charge >= 0.3 is 0 Å². The second kappa shape index (κ2) is 7.59. The molecule has 0 atom stereocenters. The summed E-state index contributed by atoms with van der Waals surface area (Å²) in [6, 6.07) is 9.78. The zero-order valence-corrected chi connectivity index (χ0v) is 13.1. The summed E-state index contributed by atoms with van der Waals surface area (Å²) in [6.07, 6.45) is 0. The molecule has 2 aliphatic heterocycles. The van der Waals surface area contributed by atoms with Crippen LogP contribution in [-0.4, -0.2) is 46.5 Å². The molecule has 2 saturated heterocycles. The molecule has 4 nitrogen and oxygen atoms in total. The number of amides is 2. The van der Waals surface area contributed by atoms with E-state index in [1.165, 1.54) is 0 Å². The highest BCUT2D eigenvalue weighted by atomic mass is 32.2. The first-order valence-corrected chi connectivity index (χ1v) is 8.82. The predicted molar refractivity (Wildman–Crippen MR) is 86.0 cm³/mol. The first-order valence-electron chi connectivity index (χ1n) is 6.51. The van der Waals surface area contributed by atoms with Gasteiger partial charge in [-0.15, -0.1) is 23.5 Å². The lowest BCUT2D eigenvalue weighted by molar-refractivity contribution is -0.126. The smallest absolute Gasteiger partial charge is 0.237 e. The van der Waals surface area contributed by atoms with Crippen LogP contribution in [0, 0.1) is 0 Å². The minimum Gasteiger partial charge on any atom is -0.333 e. The average Bonchev–Trinajstić information content (AvgIpc) is 3.08. The Labute approximate surface area is 127 Å². The van der Waals surface area contributed by atoms with Crippen molar-refractivity contribution >= 4 is 41.0 Å². The summed E-state index contributed by atoms with van der Waals surface area (Å²) in [6.45, 7) is 2.87. The molecule has 0 aromatic heterocycles. The molecule has 0 N–H and O–H groups in total. The normalized spacial score (nSPS) is 18.2. The molecule has 0 spiro atoms. The fourth-order valence-corrected chi connectivity index (χ4v) is 3.77. The molecule has 0 saturated carbocycles. The van der Waals surface area contributed by atoms with Crippen LogP contribution in [0.25, 0.3) is 0 Å². The van der Waals surface area contributed by atoms with Gasteiger partial charge in [-0.3, -0.25) is 9.59 Å². The van der Waals surface area contributed by atoms with Gasteiger partial charge < -0.3 is 9.80 Å². The molecule has 1 aromatic rings. The van der Waals surface area contributed by atoms with Crippen LogP contribution in [-0.2, 0) is 9.59 Å². The van der Waals surface area contributed by atoms with Gasteiger partial charge in [0, 0.05) is 12.2 Å². The summed E-state index contributed by atoms with van der Waals surface area (Å²) in [5, 5.41) is 0. The number of para-hydroxylation sites is 1. The lowest BCUT2D eigenvalue weighted by atomic mass is 10.3. The maximum absolute atomic E-state index is 11.3. The molecule has 0 aliphatic carbocycles. The van der Waals surface area contributed by atoms with Crippen molar-refractivity contribution in [3.63, 3.8) is 0 Å². The molecule has 2 fully saturated rings. The van der Waals surface area contributed by atoms with Crippen molar-refractivity contribution in [3.8, 4) is 0 Å². The van der Waals surface area contributed by atoms with E-state index in [-0.39, 0.29) is 11.8 Å². The van der Waals surface area contributed by atoms with Crippen molar-refractivity contribution < 1.29 is 9.59 Å². The number of nitrogens with zero attached hydrogens (tertiary/aromatic N) is 2. The Bertz CT molecular complexity index is 468. The molecular formula is C14H18N2O2S2. The van der Waals surface area contributed by atoms with Gasteiger partial charge in [0.1, 0.15) is 0 Å². The summed E-state index contributed by atoms with van der Waals surface area (Å²) < 4.78 is 0. The standard InChI is InChI=1S/C9H9NOS.C5H9NOS/c11-9-6-12-7-10(9)8-4-2-1-3-5-8;1-2-6-4-8-3-5(6)7/h1-5H,6-7H2;2-4H2,1H3. The van der Waals surface area contributed by atoms with E-state index >= 15 is 0 Å². The molecular weight excluding hydrogens is 292 g/mol. The second-order valence-corrected chi connectivity index (χ2v) is 6.27. The van der Waals surface area contributed by atoms with Crippen LogP contribution in [0.15, 0.2) is 30.3 Å². The van der Waals surface area contributed by atoms with E-state index in [4.69, 9.17) is 0 Å². The van der Waals surface area contributed by atoms with Gasteiger partial charge in [0.05, 0.1) is 23.3 Å². The summed E-state index contributed by atoms with van der Waals surface area (Å²) in [7, 11) is 0. The van der Waals surface area contributed by atoms with Crippen LogP contribution in [0.4, 0.5) is 5.69 Å². The Hall–Kier alpha value is -1.14. The Morgan fingerprint density at radius 3 is 2.10 bits per heavy atom. The van der Waals surface area contributed by atoms with E-state index in [9.17, 15) is 9.59 Å². The van der Waals surface area contributed by atoms with Crippen molar-refractivity contribution in [1.82, 2.24) is 4.90 Å². The molecule has 2 heterocycles. The fourth-order valence-electron chi connectivity index (χ4n) is 1.87. The van der Waals surface area contributed by atoms with Crippen LogP contribution >= 0.6 is 23.5 Å². The van der Waals surface area contributed by atoms with E-state index in [0.717, 1.165) is 24.0 Å². The van der Waals surface area contributed by atoms with Crippen molar-refractivity contribution in [2.75, 3.05) is 34.7 Å². The molecule has 0 bridgehead atoms. The first kappa shape index (κ1) is 15.3. The lowest BCUT2D eigenvalue weighted by Crippen LogP contribution is -2.24. The second-order valence-electron chi connectivity index (χ2n) is 4.36. The van der Waals surface area contributed by atoms with E-state index in [1.54, 1.807) is 23.5 Å². The summed E-state index contributed by atoms with van der Waals surface area (Å²) >= 11 is 3.35. The van der Waals surface area contributed by atoms with Gasteiger partial charge in [0.25, 0.3) is 0 Å². The fraction of sp³-hybridized carbons (Fsp3) is 0.429. The SMILES string of the molecule is CCN1CSCC1=O.O=C1CSCN1c1ccccc1. The number of carbonyl (C=O) groups is 2. The third kappa shape index (κ3) is 3.93. The number of hydrogen-bond donors (Lipinski definition) is 0. The Kier molecular flexibility index (Phi) is 5.79. The molecule has 20 heavy (non-hydrogen) atoms. The highest BCUT2D eigenvalue weighted by molar-refractivity contribution is 8.00. The minimum atomic E-state index is 0.214. The van der Waals surface area contributed by atoms with E-state index in [1.807, 2.05) is 47.1 Å². The number of rotatable bonds is 2. The highest BCUT2D eigenvalue weighted by Gasteiger charge is 2.21. The minimum absolute atomic E-state index is 0.214. The summed E-state index contributed by atoms with van der Waals surface area (Å²) in [5.41, 5.74) is 1.01. The van der Waals surface area contributed by atoms with Crippen LogP contribution in [0.1, 0.15) is 6.92 Å². The van der Waals surface area contributed by atoms with Gasteiger partial charge in [0.15, 0.2) is 0 Å². The van der Waals surface area contributed by atoms with Crippen molar-refractivity contribution in [2.24, 2.45) is 0 Å². The Morgan fingerprint density at radius 1 is 1.00 bits per heavy atom. The van der Waals surface area contributed by atoms with Gasteiger partial charge in [-0.05, 0) is 19.1 Å². The molecule has 1 aromatic carbocycles. The Balaban J connectivity index is 0.000000160. The van der Waals surface area contributed by atoms with E-state index in [2.05, 4.69) is 0 Å². The third-order valence-corrected chi connectivity index (χ3v) is 4.86. The van der Waals surface area contributed by atoms with Gasteiger partial charge in [-0.25, -0.2) is 0 Å². The largest absolute Gasteiger partial charge is 0.333 e. The van der Waals surface area contributed by atoms with E-state index < -0.39 is 0 Å². The first-order chi connectivity index (χ1) is 9.72. The molecule has 3 rings (SSSR count). The van der Waals surface area contributed by atoms with Crippen molar-refractivity contribution in [2.45, 2.75) is 6.92 Å². The van der Waals surface area contributed by atoms with Crippen LogP contribution in [0.2, 0.25) is 0 Å². The van der Waals surface area contributed by atoms with Crippen molar-refractivity contribution in [3.05, 3.63) is 30.3 Å². The highest BCUT2D eigenvalue weighted by Crippen LogP contribution is 2.22. The Morgan fingerprint density at radius 2 is 1.65 bits per heavy atom. The zero-order valence-electron chi connectivity index (χ0n) is 11.4. The molecule has 6 heteroatoms. The zero-order chi connectivity index (χ0) is 14.4. The molecule has 0 radical (unpaired) electrons. The van der Waals surface area contributed by atoms with Crippen molar-refractivity contribution in [1.29, 1.82) is 0 Å². The maximum Gasteiger partial charge on any atom is 0.237 e. The molecule has 0 unspecified atom stereocenters. The van der Waals surface area contributed by atoms with Gasteiger partial charge in [0.2, 0.25) is 11.8 Å². The predicted octanol–water partition coefficient (Wildman–Crippen LogP) is 2.26. The quantitative estimate of drug-likeness (QED) is 0.840. The number of thioether (sulfide) groups is 2. The molecule has 2 amide bonds. The van der Waals surface area contributed by atoms with E-state index in [0.29, 0.717) is 11.5 Å². The number of benzene rings is 1. The topological polar surface area (TPSA) is 40.6 Å². The van der Waals surface area contributed by atoms with Crippen LogP contribution in [0.3, 0.4) is 0 Å². The molecule has 2 aliphatic rings. The van der Waals surface area contributed by atoms with Crippen LogP contribution in [0.5, 0.6) is 0 Å². The number of carbonyl (C=O) groups excluding carboxylic acids is 2.